The number of amides is 1. The molecule has 1 aliphatic carbocycles. The maximum atomic E-state index is 12.6. The Morgan fingerprint density at radius 3 is 2.36 bits per heavy atom. The Morgan fingerprint density at radius 2 is 1.71 bits per heavy atom. The van der Waals surface area contributed by atoms with E-state index in [9.17, 15) is 4.79 Å². The van der Waals surface area contributed by atoms with Gasteiger partial charge in [-0.1, -0.05) is 43.5 Å². The average molecular weight is 432 g/mol. The van der Waals surface area contributed by atoms with Gasteiger partial charge in [-0.2, -0.15) is 0 Å². The van der Waals surface area contributed by atoms with Crippen molar-refractivity contribution in [2.75, 3.05) is 32.8 Å². The number of hydrogen-bond acceptors (Lipinski definition) is 4. The Balaban J connectivity index is 0.00000196. The highest BCUT2D eigenvalue weighted by atomic mass is 35.5. The number of carbonyl (C=O) groups is 1. The third kappa shape index (κ3) is 7.20. The number of carbonyl (C=O) groups excluding carboxylic acids is 1. The van der Waals surface area contributed by atoms with Crippen molar-refractivity contribution in [1.29, 1.82) is 0 Å². The molecule has 1 saturated heterocycles. The second kappa shape index (κ2) is 12.7. The standard InChI is InChI=1S/C21H33N3O2.2ClH/c22-17-21(8-4-1-5-9-21)14-20(25)23-15-18-6-2-3-7-19(18)16-24-10-12-26-13-11-24;;/h2-3,6-7H,1,4-5,8-17,22H2,(H,23,25);2*1H. The van der Waals surface area contributed by atoms with Crippen LogP contribution in [0.3, 0.4) is 0 Å². The van der Waals surface area contributed by atoms with Crippen molar-refractivity contribution in [1.82, 2.24) is 10.2 Å². The monoisotopic (exact) mass is 431 g/mol. The molecule has 7 heteroatoms. The average Bonchev–Trinajstić information content (AvgIpc) is 2.69. The maximum absolute atomic E-state index is 12.6. The summed E-state index contributed by atoms with van der Waals surface area (Å²) >= 11 is 0. The summed E-state index contributed by atoms with van der Waals surface area (Å²) in [7, 11) is 0. The fourth-order valence-corrected chi connectivity index (χ4v) is 4.24. The molecule has 2 fully saturated rings. The van der Waals surface area contributed by atoms with Crippen LogP contribution in [0, 0.1) is 5.41 Å². The smallest absolute Gasteiger partial charge is 0.220 e. The number of halogens is 2. The highest BCUT2D eigenvalue weighted by Gasteiger charge is 2.32. The molecule has 3 rings (SSSR count). The van der Waals surface area contributed by atoms with Gasteiger partial charge in [0.05, 0.1) is 13.2 Å². The topological polar surface area (TPSA) is 67.6 Å². The van der Waals surface area contributed by atoms with Crippen molar-refractivity contribution in [2.45, 2.75) is 51.6 Å². The van der Waals surface area contributed by atoms with E-state index in [0.717, 1.165) is 45.7 Å². The van der Waals surface area contributed by atoms with Crippen molar-refractivity contribution in [3.8, 4) is 0 Å². The summed E-state index contributed by atoms with van der Waals surface area (Å²) in [5.74, 6) is 0.138. The number of rotatable bonds is 7. The van der Waals surface area contributed by atoms with Crippen LogP contribution in [-0.4, -0.2) is 43.7 Å². The lowest BCUT2D eigenvalue weighted by Crippen LogP contribution is -2.38. The van der Waals surface area contributed by atoms with Gasteiger partial charge in [0, 0.05) is 32.6 Å². The number of nitrogens with two attached hydrogens (primary N) is 1. The van der Waals surface area contributed by atoms with Crippen molar-refractivity contribution in [2.24, 2.45) is 11.1 Å². The number of hydrogen-bond donors (Lipinski definition) is 2. The molecule has 1 aliphatic heterocycles. The molecule has 1 heterocycles. The zero-order valence-electron chi connectivity index (χ0n) is 16.7. The SMILES string of the molecule is Cl.Cl.NCC1(CC(=O)NCc2ccccc2CN2CCOCC2)CCCCC1. The lowest BCUT2D eigenvalue weighted by atomic mass is 9.71. The minimum atomic E-state index is 0. The van der Waals surface area contributed by atoms with E-state index in [2.05, 4.69) is 28.4 Å². The number of benzene rings is 1. The molecule has 28 heavy (non-hydrogen) atoms. The summed E-state index contributed by atoms with van der Waals surface area (Å²) in [6.07, 6.45) is 6.42. The lowest BCUT2D eigenvalue weighted by Gasteiger charge is -2.35. The Hall–Kier alpha value is -0.850. The number of nitrogens with zero attached hydrogens (tertiary/aromatic N) is 1. The third-order valence-corrected chi connectivity index (χ3v) is 5.97. The van der Waals surface area contributed by atoms with Crippen LogP contribution in [0.1, 0.15) is 49.7 Å². The molecule has 1 aromatic rings. The molecular weight excluding hydrogens is 397 g/mol. The number of morpholine rings is 1. The van der Waals surface area contributed by atoms with Crippen LogP contribution >= 0.6 is 24.8 Å². The van der Waals surface area contributed by atoms with Gasteiger partial charge in [-0.15, -0.1) is 24.8 Å². The Bertz CT molecular complexity index is 589. The molecule has 0 aromatic heterocycles. The van der Waals surface area contributed by atoms with Crippen LogP contribution in [-0.2, 0) is 22.6 Å². The van der Waals surface area contributed by atoms with Gasteiger partial charge in [0.1, 0.15) is 0 Å². The third-order valence-electron chi connectivity index (χ3n) is 5.97. The van der Waals surface area contributed by atoms with E-state index in [1.54, 1.807) is 0 Å². The minimum absolute atomic E-state index is 0. The second-order valence-corrected chi connectivity index (χ2v) is 7.88. The van der Waals surface area contributed by atoms with E-state index >= 15 is 0 Å². The fourth-order valence-electron chi connectivity index (χ4n) is 4.24. The van der Waals surface area contributed by atoms with Gasteiger partial charge in [-0.25, -0.2) is 0 Å². The van der Waals surface area contributed by atoms with E-state index in [4.69, 9.17) is 10.5 Å². The molecule has 1 aromatic carbocycles. The lowest BCUT2D eigenvalue weighted by molar-refractivity contribution is -0.124. The molecule has 1 amide bonds. The van der Waals surface area contributed by atoms with Crippen molar-refractivity contribution in [3.05, 3.63) is 35.4 Å². The first-order valence-electron chi connectivity index (χ1n) is 10.0. The number of ether oxygens (including phenoxy) is 1. The van der Waals surface area contributed by atoms with Crippen LogP contribution in [0.15, 0.2) is 24.3 Å². The van der Waals surface area contributed by atoms with Crippen molar-refractivity contribution >= 4 is 30.7 Å². The molecule has 5 nitrogen and oxygen atoms in total. The Labute approximate surface area is 181 Å². The predicted octanol–water partition coefficient (Wildman–Crippen LogP) is 3.28. The first-order valence-corrected chi connectivity index (χ1v) is 10.0. The zero-order chi connectivity index (χ0) is 18.2. The van der Waals surface area contributed by atoms with Gasteiger partial charge >= 0.3 is 0 Å². The van der Waals surface area contributed by atoms with Crippen molar-refractivity contribution in [3.63, 3.8) is 0 Å². The van der Waals surface area contributed by atoms with Crippen molar-refractivity contribution < 1.29 is 9.53 Å². The summed E-state index contributed by atoms with van der Waals surface area (Å²) in [4.78, 5) is 15.0. The normalized spacial score (nSPS) is 19.2. The van der Waals surface area contributed by atoms with Gasteiger partial charge < -0.3 is 15.8 Å². The molecule has 0 bridgehead atoms. The molecule has 0 radical (unpaired) electrons. The van der Waals surface area contributed by atoms with Gasteiger partial charge in [-0.3, -0.25) is 9.69 Å². The van der Waals surface area contributed by atoms with Gasteiger partial charge in [-0.05, 0) is 35.9 Å². The molecule has 160 valence electrons. The Kier molecular flexibility index (Phi) is 11.4. The first kappa shape index (κ1) is 25.2. The molecule has 1 saturated carbocycles. The van der Waals surface area contributed by atoms with E-state index in [0.29, 0.717) is 19.5 Å². The fraction of sp³-hybridized carbons (Fsp3) is 0.667. The van der Waals surface area contributed by atoms with Crippen LogP contribution < -0.4 is 11.1 Å². The van der Waals surface area contributed by atoms with E-state index in [1.165, 1.54) is 30.4 Å². The largest absolute Gasteiger partial charge is 0.379 e. The van der Waals surface area contributed by atoms with Gasteiger partial charge in [0.2, 0.25) is 5.91 Å². The molecule has 2 aliphatic rings. The molecular formula is C21H35Cl2N3O2. The van der Waals surface area contributed by atoms with Crippen LogP contribution in [0.4, 0.5) is 0 Å². The highest BCUT2D eigenvalue weighted by Crippen LogP contribution is 2.38. The number of nitrogens with one attached hydrogen (secondary N) is 1. The zero-order valence-corrected chi connectivity index (χ0v) is 18.3. The molecule has 0 atom stereocenters. The van der Waals surface area contributed by atoms with Gasteiger partial charge in [0.15, 0.2) is 0 Å². The minimum Gasteiger partial charge on any atom is -0.379 e. The molecule has 0 unspecified atom stereocenters. The second-order valence-electron chi connectivity index (χ2n) is 7.88. The van der Waals surface area contributed by atoms with E-state index in [1.807, 2.05) is 6.07 Å². The molecule has 0 spiro atoms. The van der Waals surface area contributed by atoms with E-state index in [-0.39, 0.29) is 36.1 Å². The van der Waals surface area contributed by atoms with E-state index < -0.39 is 0 Å². The Morgan fingerprint density at radius 1 is 1.07 bits per heavy atom. The summed E-state index contributed by atoms with van der Waals surface area (Å²) in [5.41, 5.74) is 8.55. The molecule has 3 N–H and O–H groups in total. The van der Waals surface area contributed by atoms with Crippen LogP contribution in [0.2, 0.25) is 0 Å². The maximum Gasteiger partial charge on any atom is 0.220 e. The quantitative estimate of drug-likeness (QED) is 0.694. The predicted molar refractivity (Wildman–Crippen MR) is 118 cm³/mol. The highest BCUT2D eigenvalue weighted by molar-refractivity contribution is 5.85. The summed E-state index contributed by atoms with van der Waals surface area (Å²) < 4.78 is 5.43. The summed E-state index contributed by atoms with van der Waals surface area (Å²) in [6.45, 7) is 5.69. The summed E-state index contributed by atoms with van der Waals surface area (Å²) in [5, 5.41) is 3.15. The first-order chi connectivity index (χ1) is 12.7. The van der Waals surface area contributed by atoms with Crippen LogP contribution in [0.25, 0.3) is 0 Å². The van der Waals surface area contributed by atoms with Gasteiger partial charge in [0.25, 0.3) is 0 Å². The summed E-state index contributed by atoms with van der Waals surface area (Å²) in [6, 6.07) is 8.41. The van der Waals surface area contributed by atoms with Crippen LogP contribution in [0.5, 0.6) is 0 Å².